The SMILES string of the molecule is FC(F)(F)Cc1c[nH]c2ccc(Br)cc12. The van der Waals surface area contributed by atoms with Gasteiger partial charge in [-0.3, -0.25) is 0 Å². The van der Waals surface area contributed by atoms with Crippen molar-refractivity contribution < 1.29 is 13.2 Å². The number of rotatable bonds is 1. The Morgan fingerprint density at radius 3 is 2.67 bits per heavy atom. The Balaban J connectivity index is 2.48. The second kappa shape index (κ2) is 3.56. The van der Waals surface area contributed by atoms with Crippen LogP contribution in [0.2, 0.25) is 0 Å². The van der Waals surface area contributed by atoms with Crippen molar-refractivity contribution in [1.82, 2.24) is 4.98 Å². The van der Waals surface area contributed by atoms with Crippen LogP contribution in [0.25, 0.3) is 10.9 Å². The number of fused-ring (bicyclic) bond motifs is 1. The third-order valence-electron chi connectivity index (χ3n) is 2.12. The van der Waals surface area contributed by atoms with Crippen LogP contribution in [0.1, 0.15) is 5.56 Å². The lowest BCUT2D eigenvalue weighted by Crippen LogP contribution is -2.10. The van der Waals surface area contributed by atoms with Crippen molar-refractivity contribution in [2.45, 2.75) is 12.6 Å². The first-order valence-electron chi connectivity index (χ1n) is 4.28. The first-order valence-corrected chi connectivity index (χ1v) is 5.07. The molecular formula is C10H7BrF3N. The number of hydrogen-bond acceptors (Lipinski definition) is 0. The average molecular weight is 278 g/mol. The van der Waals surface area contributed by atoms with Gasteiger partial charge in [-0.05, 0) is 23.8 Å². The minimum atomic E-state index is -4.17. The summed E-state index contributed by atoms with van der Waals surface area (Å²) in [5.74, 6) is 0. The Labute approximate surface area is 92.4 Å². The molecule has 0 unspecified atom stereocenters. The molecule has 80 valence electrons. The van der Waals surface area contributed by atoms with Gasteiger partial charge in [-0.2, -0.15) is 13.2 Å². The number of H-pyrrole nitrogens is 1. The van der Waals surface area contributed by atoms with Crippen LogP contribution in [-0.2, 0) is 6.42 Å². The van der Waals surface area contributed by atoms with Gasteiger partial charge < -0.3 is 4.98 Å². The summed E-state index contributed by atoms with van der Waals surface area (Å²) in [4.78, 5) is 2.82. The molecule has 15 heavy (non-hydrogen) atoms. The zero-order valence-electron chi connectivity index (χ0n) is 7.53. The van der Waals surface area contributed by atoms with E-state index in [1.165, 1.54) is 6.20 Å². The summed E-state index contributed by atoms with van der Waals surface area (Å²) in [7, 11) is 0. The fourth-order valence-corrected chi connectivity index (χ4v) is 1.87. The van der Waals surface area contributed by atoms with Gasteiger partial charge in [0.05, 0.1) is 6.42 Å². The van der Waals surface area contributed by atoms with Crippen LogP contribution in [0.3, 0.4) is 0 Å². The Hall–Kier alpha value is -0.970. The van der Waals surface area contributed by atoms with Crippen LogP contribution in [-0.4, -0.2) is 11.2 Å². The molecule has 2 rings (SSSR count). The zero-order chi connectivity index (χ0) is 11.1. The van der Waals surface area contributed by atoms with Crippen LogP contribution >= 0.6 is 15.9 Å². The number of aromatic nitrogens is 1. The molecule has 0 radical (unpaired) electrons. The highest BCUT2D eigenvalue weighted by Crippen LogP contribution is 2.28. The van der Waals surface area contributed by atoms with E-state index in [1.54, 1.807) is 18.2 Å². The Morgan fingerprint density at radius 1 is 1.27 bits per heavy atom. The predicted octanol–water partition coefficient (Wildman–Crippen LogP) is 4.04. The lowest BCUT2D eigenvalue weighted by molar-refractivity contribution is -0.127. The molecule has 0 atom stereocenters. The van der Waals surface area contributed by atoms with Crippen molar-refractivity contribution in [3.63, 3.8) is 0 Å². The summed E-state index contributed by atoms with van der Waals surface area (Å²) in [5.41, 5.74) is 0.997. The molecule has 0 saturated carbocycles. The van der Waals surface area contributed by atoms with E-state index in [0.717, 1.165) is 9.99 Å². The van der Waals surface area contributed by atoms with E-state index in [1.807, 2.05) is 0 Å². The summed E-state index contributed by atoms with van der Waals surface area (Å²) >= 11 is 3.24. The smallest absolute Gasteiger partial charge is 0.361 e. The number of halogens is 4. The van der Waals surface area contributed by atoms with Crippen molar-refractivity contribution >= 4 is 26.8 Å². The number of hydrogen-bond donors (Lipinski definition) is 1. The van der Waals surface area contributed by atoms with Crippen LogP contribution in [0, 0.1) is 0 Å². The Morgan fingerprint density at radius 2 is 2.00 bits per heavy atom. The molecule has 0 fully saturated rings. The highest BCUT2D eigenvalue weighted by atomic mass is 79.9. The minimum absolute atomic E-state index is 0.277. The Bertz CT molecular complexity index is 487. The highest BCUT2D eigenvalue weighted by molar-refractivity contribution is 9.10. The summed E-state index contributed by atoms with van der Waals surface area (Å²) in [6, 6.07) is 5.22. The molecule has 5 heteroatoms. The van der Waals surface area contributed by atoms with Gasteiger partial charge in [0.1, 0.15) is 0 Å². The van der Waals surface area contributed by atoms with Crippen molar-refractivity contribution in [2.75, 3.05) is 0 Å². The molecule has 1 heterocycles. The molecular weight excluding hydrogens is 271 g/mol. The summed E-state index contributed by atoms with van der Waals surface area (Å²) < 4.78 is 37.4. The van der Waals surface area contributed by atoms with Crippen molar-refractivity contribution in [3.8, 4) is 0 Å². The molecule has 0 amide bonds. The molecule has 0 saturated heterocycles. The fourth-order valence-electron chi connectivity index (χ4n) is 1.51. The van der Waals surface area contributed by atoms with E-state index in [0.29, 0.717) is 5.39 Å². The predicted molar refractivity (Wildman–Crippen MR) is 55.8 cm³/mol. The third-order valence-corrected chi connectivity index (χ3v) is 2.61. The van der Waals surface area contributed by atoms with Crippen molar-refractivity contribution in [2.24, 2.45) is 0 Å². The number of benzene rings is 1. The van der Waals surface area contributed by atoms with Gasteiger partial charge in [0.15, 0.2) is 0 Å². The van der Waals surface area contributed by atoms with Gasteiger partial charge in [0.2, 0.25) is 0 Å². The van der Waals surface area contributed by atoms with E-state index in [9.17, 15) is 13.2 Å². The van der Waals surface area contributed by atoms with Gasteiger partial charge >= 0.3 is 6.18 Å². The fraction of sp³-hybridized carbons (Fsp3) is 0.200. The lowest BCUT2D eigenvalue weighted by Gasteiger charge is -2.04. The van der Waals surface area contributed by atoms with Crippen LogP contribution in [0.4, 0.5) is 13.2 Å². The van der Waals surface area contributed by atoms with Crippen molar-refractivity contribution in [1.29, 1.82) is 0 Å². The lowest BCUT2D eigenvalue weighted by atomic mass is 10.1. The monoisotopic (exact) mass is 277 g/mol. The van der Waals surface area contributed by atoms with E-state index < -0.39 is 12.6 Å². The maximum absolute atomic E-state index is 12.2. The average Bonchev–Trinajstić information content (AvgIpc) is 2.46. The molecule has 1 aromatic heterocycles. The van der Waals surface area contributed by atoms with Crippen molar-refractivity contribution in [3.05, 3.63) is 34.4 Å². The molecule has 2 aromatic rings. The van der Waals surface area contributed by atoms with Gasteiger partial charge in [0.25, 0.3) is 0 Å². The standard InChI is InChI=1S/C10H7BrF3N/c11-7-1-2-9-8(3-7)6(5-15-9)4-10(12,13)14/h1-3,5,15H,4H2. The number of nitrogens with one attached hydrogen (secondary N) is 1. The number of alkyl halides is 3. The van der Waals surface area contributed by atoms with E-state index in [4.69, 9.17) is 0 Å². The molecule has 1 aromatic carbocycles. The summed E-state index contributed by atoms with van der Waals surface area (Å²) in [5, 5.41) is 0.613. The molecule has 0 bridgehead atoms. The van der Waals surface area contributed by atoms with Gasteiger partial charge in [0, 0.05) is 21.6 Å². The largest absolute Gasteiger partial charge is 0.393 e. The van der Waals surface area contributed by atoms with Crippen LogP contribution in [0.5, 0.6) is 0 Å². The quantitative estimate of drug-likeness (QED) is 0.810. The van der Waals surface area contributed by atoms with Gasteiger partial charge in [-0.15, -0.1) is 0 Å². The summed E-state index contributed by atoms with van der Waals surface area (Å²) in [6.45, 7) is 0. The van der Waals surface area contributed by atoms with Crippen LogP contribution < -0.4 is 0 Å². The minimum Gasteiger partial charge on any atom is -0.361 e. The van der Waals surface area contributed by atoms with E-state index >= 15 is 0 Å². The molecule has 1 N–H and O–H groups in total. The topological polar surface area (TPSA) is 15.8 Å². The first-order chi connectivity index (χ1) is 6.96. The highest BCUT2D eigenvalue weighted by Gasteiger charge is 2.28. The number of aromatic amines is 1. The second-order valence-electron chi connectivity index (χ2n) is 3.30. The summed E-state index contributed by atoms with van der Waals surface area (Å²) in [6.07, 6.45) is -3.66. The maximum Gasteiger partial charge on any atom is 0.393 e. The van der Waals surface area contributed by atoms with E-state index in [-0.39, 0.29) is 5.56 Å². The molecule has 1 nitrogen and oxygen atoms in total. The Kier molecular flexibility index (Phi) is 2.50. The molecule has 0 aliphatic heterocycles. The van der Waals surface area contributed by atoms with Gasteiger partial charge in [-0.1, -0.05) is 15.9 Å². The molecule has 0 aliphatic carbocycles. The van der Waals surface area contributed by atoms with Gasteiger partial charge in [-0.25, -0.2) is 0 Å². The second-order valence-corrected chi connectivity index (χ2v) is 4.21. The van der Waals surface area contributed by atoms with E-state index in [2.05, 4.69) is 20.9 Å². The molecule has 0 spiro atoms. The van der Waals surface area contributed by atoms with Crippen LogP contribution in [0.15, 0.2) is 28.9 Å². The zero-order valence-corrected chi connectivity index (χ0v) is 9.11. The third kappa shape index (κ3) is 2.34. The first kappa shape index (κ1) is 10.5. The normalized spacial score (nSPS) is 12.3. The molecule has 0 aliphatic rings. The maximum atomic E-state index is 12.2.